The summed E-state index contributed by atoms with van der Waals surface area (Å²) in [5.41, 5.74) is 1.60. The van der Waals surface area contributed by atoms with Crippen LogP contribution in [0.15, 0.2) is 65.7 Å². The molecule has 0 aromatic heterocycles. The topological polar surface area (TPSA) is 59.9 Å². The molecule has 0 atom stereocenters. The van der Waals surface area contributed by atoms with Crippen LogP contribution in [0.1, 0.15) is 27.7 Å². The average molecular weight is 360 g/mol. The fourth-order valence-corrected chi connectivity index (χ4v) is 3.98. The smallest absolute Gasteiger partial charge is 0.333 e. The van der Waals surface area contributed by atoms with Crippen molar-refractivity contribution in [3.05, 3.63) is 60.7 Å². The van der Waals surface area contributed by atoms with E-state index in [1.165, 1.54) is 0 Å². The molecule has 0 fully saturated rings. The molecular formula is C19H25N2O3P. The van der Waals surface area contributed by atoms with E-state index in [4.69, 9.17) is 9.05 Å². The van der Waals surface area contributed by atoms with Crippen molar-refractivity contribution in [2.24, 2.45) is 4.99 Å². The first kappa shape index (κ1) is 19.4. The van der Waals surface area contributed by atoms with Crippen LogP contribution in [0.25, 0.3) is 0 Å². The highest BCUT2D eigenvalue weighted by molar-refractivity contribution is 7.72. The highest BCUT2D eigenvalue weighted by Crippen LogP contribution is 2.52. The van der Waals surface area contributed by atoms with Gasteiger partial charge in [-0.1, -0.05) is 36.4 Å². The van der Waals surface area contributed by atoms with Gasteiger partial charge in [0.2, 0.25) is 5.58 Å². The Labute approximate surface area is 149 Å². The summed E-state index contributed by atoms with van der Waals surface area (Å²) in [6.45, 7) is 7.27. The molecule has 6 heteroatoms. The van der Waals surface area contributed by atoms with E-state index in [-0.39, 0.29) is 17.8 Å². The first-order chi connectivity index (χ1) is 11.9. The summed E-state index contributed by atoms with van der Waals surface area (Å²) in [5.74, 6) is 0. The van der Waals surface area contributed by atoms with Crippen LogP contribution < -0.4 is 5.32 Å². The third-order valence-corrected chi connectivity index (χ3v) is 5.11. The van der Waals surface area contributed by atoms with Gasteiger partial charge in [0.1, 0.15) is 0 Å². The molecule has 25 heavy (non-hydrogen) atoms. The van der Waals surface area contributed by atoms with Crippen LogP contribution in [0, 0.1) is 0 Å². The molecule has 0 aliphatic carbocycles. The molecule has 5 nitrogen and oxygen atoms in total. The van der Waals surface area contributed by atoms with Gasteiger partial charge in [-0.05, 0) is 52.0 Å². The second kappa shape index (κ2) is 8.95. The molecular weight excluding hydrogens is 335 g/mol. The van der Waals surface area contributed by atoms with E-state index < -0.39 is 7.60 Å². The van der Waals surface area contributed by atoms with Crippen LogP contribution in [0.3, 0.4) is 0 Å². The summed E-state index contributed by atoms with van der Waals surface area (Å²) in [6, 6.07) is 18.7. The van der Waals surface area contributed by atoms with Gasteiger partial charge in [0.15, 0.2) is 0 Å². The highest BCUT2D eigenvalue weighted by Gasteiger charge is 2.35. The predicted molar refractivity (Wildman–Crippen MR) is 104 cm³/mol. The summed E-state index contributed by atoms with van der Waals surface area (Å²) in [5, 5.41) is 3.12. The van der Waals surface area contributed by atoms with E-state index in [0.717, 1.165) is 5.69 Å². The van der Waals surface area contributed by atoms with Crippen LogP contribution in [0.4, 0.5) is 11.4 Å². The number of aliphatic imine (C=N–C) groups is 1. The first-order valence-corrected chi connectivity index (χ1v) is 9.86. The fraction of sp³-hybridized carbons (Fsp3) is 0.316. The Morgan fingerprint density at radius 1 is 0.880 bits per heavy atom. The summed E-state index contributed by atoms with van der Waals surface area (Å²) in [6.07, 6.45) is -0.550. The number of hydrogen-bond acceptors (Lipinski definition) is 4. The lowest BCUT2D eigenvalue weighted by Crippen LogP contribution is -2.20. The van der Waals surface area contributed by atoms with Gasteiger partial charge in [-0.2, -0.15) is 0 Å². The zero-order valence-electron chi connectivity index (χ0n) is 15.0. The summed E-state index contributed by atoms with van der Waals surface area (Å²) in [7, 11) is -3.63. The minimum absolute atomic E-state index is 0.173. The third kappa shape index (κ3) is 6.13. The van der Waals surface area contributed by atoms with Crippen LogP contribution >= 0.6 is 7.60 Å². The van der Waals surface area contributed by atoms with Crippen molar-refractivity contribution in [1.29, 1.82) is 0 Å². The molecule has 2 aromatic carbocycles. The fourth-order valence-electron chi connectivity index (χ4n) is 2.11. The van der Waals surface area contributed by atoms with E-state index in [9.17, 15) is 4.57 Å². The van der Waals surface area contributed by atoms with Crippen molar-refractivity contribution < 1.29 is 13.6 Å². The van der Waals surface area contributed by atoms with Crippen molar-refractivity contribution in [2.45, 2.75) is 39.9 Å². The van der Waals surface area contributed by atoms with Crippen molar-refractivity contribution >= 4 is 24.5 Å². The van der Waals surface area contributed by atoms with E-state index in [1.807, 2.05) is 88.4 Å². The van der Waals surface area contributed by atoms with E-state index in [1.54, 1.807) is 0 Å². The number of anilines is 1. The molecule has 0 unspecified atom stereocenters. The number of benzene rings is 2. The molecule has 0 aliphatic rings. The van der Waals surface area contributed by atoms with Crippen LogP contribution in [0.2, 0.25) is 0 Å². The van der Waals surface area contributed by atoms with Crippen molar-refractivity contribution in [2.75, 3.05) is 5.32 Å². The number of rotatable bonds is 7. The van der Waals surface area contributed by atoms with Gasteiger partial charge in [-0.3, -0.25) is 4.57 Å². The normalized spacial score (nSPS) is 12.6. The van der Waals surface area contributed by atoms with Crippen molar-refractivity contribution in [1.82, 2.24) is 0 Å². The number of nitrogens with zero attached hydrogens (tertiary/aromatic N) is 1. The summed E-state index contributed by atoms with van der Waals surface area (Å²) >= 11 is 0. The Kier molecular flexibility index (Phi) is 6.94. The number of nitrogens with one attached hydrogen (secondary N) is 1. The van der Waals surface area contributed by atoms with Crippen molar-refractivity contribution in [3.8, 4) is 0 Å². The maximum atomic E-state index is 13.5. The monoisotopic (exact) mass is 360 g/mol. The minimum atomic E-state index is -3.63. The molecule has 0 saturated carbocycles. The molecule has 134 valence electrons. The minimum Gasteiger partial charge on any atom is -0.333 e. The first-order valence-electron chi connectivity index (χ1n) is 8.32. The Morgan fingerprint density at radius 2 is 1.36 bits per heavy atom. The second-order valence-electron chi connectivity index (χ2n) is 6.07. The van der Waals surface area contributed by atoms with Crippen LogP contribution in [0.5, 0.6) is 0 Å². The Balaban J connectivity index is 2.47. The molecule has 0 saturated heterocycles. The largest absolute Gasteiger partial charge is 0.396 e. The molecule has 0 aliphatic heterocycles. The van der Waals surface area contributed by atoms with Gasteiger partial charge in [-0.25, -0.2) is 4.99 Å². The van der Waals surface area contributed by atoms with E-state index >= 15 is 0 Å². The number of amidine groups is 1. The standard InChI is InChI=1S/C19H25N2O3P/c1-15(2)23-25(22,24-16(3)4)19(20-17-11-7-5-8-12-17)21-18-13-9-6-10-14-18/h5-16H,1-4H3,(H,20,21). The number of hydrogen-bond donors (Lipinski definition) is 1. The van der Waals surface area contributed by atoms with Gasteiger partial charge in [0.05, 0.1) is 17.9 Å². The van der Waals surface area contributed by atoms with Gasteiger partial charge in [0.25, 0.3) is 0 Å². The Hall–Kier alpha value is -1.94. The summed E-state index contributed by atoms with van der Waals surface area (Å²) in [4.78, 5) is 4.52. The molecule has 2 rings (SSSR count). The van der Waals surface area contributed by atoms with E-state index in [0.29, 0.717) is 5.69 Å². The van der Waals surface area contributed by atoms with Crippen molar-refractivity contribution in [3.63, 3.8) is 0 Å². The second-order valence-corrected chi connectivity index (χ2v) is 7.91. The quantitative estimate of drug-likeness (QED) is 0.383. The SMILES string of the molecule is CC(C)OP(=O)(OC(C)C)C(=Nc1ccccc1)Nc1ccccc1. The Bertz CT molecular complexity index is 717. The lowest BCUT2D eigenvalue weighted by Gasteiger charge is -2.24. The molecule has 0 spiro atoms. The highest BCUT2D eigenvalue weighted by atomic mass is 31.2. The maximum Gasteiger partial charge on any atom is 0.396 e. The summed E-state index contributed by atoms with van der Waals surface area (Å²) < 4.78 is 24.9. The average Bonchev–Trinajstić information content (AvgIpc) is 2.54. The molecule has 1 N–H and O–H groups in total. The third-order valence-electron chi connectivity index (χ3n) is 2.98. The van der Waals surface area contributed by atoms with Gasteiger partial charge in [-0.15, -0.1) is 0 Å². The van der Waals surface area contributed by atoms with E-state index in [2.05, 4.69) is 10.3 Å². The molecule has 2 aromatic rings. The molecule has 0 heterocycles. The maximum absolute atomic E-state index is 13.5. The molecule has 0 amide bonds. The van der Waals surface area contributed by atoms with Gasteiger partial charge in [0, 0.05) is 5.69 Å². The predicted octanol–water partition coefficient (Wildman–Crippen LogP) is 5.83. The zero-order valence-corrected chi connectivity index (χ0v) is 15.9. The van der Waals surface area contributed by atoms with Gasteiger partial charge < -0.3 is 14.4 Å². The Morgan fingerprint density at radius 3 is 1.84 bits per heavy atom. The molecule has 0 radical (unpaired) electrons. The van der Waals surface area contributed by atoms with Gasteiger partial charge >= 0.3 is 7.60 Å². The lowest BCUT2D eigenvalue weighted by atomic mass is 10.3. The zero-order chi connectivity index (χ0) is 18.3. The number of para-hydroxylation sites is 2. The molecule has 0 bridgehead atoms. The van der Waals surface area contributed by atoms with Crippen LogP contribution in [-0.2, 0) is 13.6 Å². The lowest BCUT2D eigenvalue weighted by molar-refractivity contribution is 0.152. The van der Waals surface area contributed by atoms with Crippen LogP contribution in [-0.4, -0.2) is 17.8 Å².